The van der Waals surface area contributed by atoms with Crippen molar-refractivity contribution in [3.05, 3.63) is 44.4 Å². The summed E-state index contributed by atoms with van der Waals surface area (Å²) in [5, 5.41) is 22.0. The molecular formula is C11H10N4O3S. The minimum absolute atomic E-state index is 0.0823. The van der Waals surface area contributed by atoms with Gasteiger partial charge in [0, 0.05) is 17.2 Å². The highest BCUT2D eigenvalue weighted by Crippen LogP contribution is 2.21. The third-order valence-corrected chi connectivity index (χ3v) is 3.17. The summed E-state index contributed by atoms with van der Waals surface area (Å²) < 4.78 is 0. The fourth-order valence-electron chi connectivity index (χ4n) is 1.46. The molecule has 1 aromatic heterocycles. The number of carbonyl (C=O) groups is 1. The summed E-state index contributed by atoms with van der Waals surface area (Å²) in [5.41, 5.74) is 0.638. The van der Waals surface area contributed by atoms with Crippen LogP contribution in [0.4, 0.5) is 10.8 Å². The van der Waals surface area contributed by atoms with Gasteiger partial charge in [-0.05, 0) is 19.9 Å². The van der Waals surface area contributed by atoms with Crippen LogP contribution < -0.4 is 5.32 Å². The maximum atomic E-state index is 11.9. The number of benzene rings is 1. The zero-order valence-corrected chi connectivity index (χ0v) is 11.0. The number of amides is 1. The van der Waals surface area contributed by atoms with Crippen molar-refractivity contribution in [2.75, 3.05) is 5.32 Å². The second kappa shape index (κ2) is 5.11. The highest BCUT2D eigenvalue weighted by atomic mass is 32.1. The highest BCUT2D eigenvalue weighted by Gasteiger charge is 2.15. The molecule has 0 bridgehead atoms. The molecule has 7 nitrogen and oxygen atoms in total. The Morgan fingerprint density at radius 3 is 2.68 bits per heavy atom. The van der Waals surface area contributed by atoms with E-state index >= 15 is 0 Å². The second-order valence-electron chi connectivity index (χ2n) is 3.84. The minimum Gasteiger partial charge on any atom is -0.296 e. The Balaban J connectivity index is 2.24. The zero-order chi connectivity index (χ0) is 14.0. The molecule has 19 heavy (non-hydrogen) atoms. The van der Waals surface area contributed by atoms with E-state index in [1.165, 1.54) is 23.5 Å². The molecule has 0 saturated heterocycles. The van der Waals surface area contributed by atoms with Crippen LogP contribution in [0.15, 0.2) is 18.2 Å². The van der Waals surface area contributed by atoms with Gasteiger partial charge in [0.2, 0.25) is 5.13 Å². The normalized spacial score (nSPS) is 10.2. The monoisotopic (exact) mass is 278 g/mol. The standard InChI is InChI=1S/C11H10N4O3S/c1-6-3-4-8(5-9(6)15(17)18)10(16)12-11-14-13-7(2)19-11/h3-5H,1-2H3,(H,12,14,16). The average molecular weight is 278 g/mol. The molecule has 1 heterocycles. The Labute approximate surface area is 112 Å². The number of nitro benzene ring substituents is 1. The molecule has 1 amide bonds. The van der Waals surface area contributed by atoms with Crippen LogP contribution in [-0.2, 0) is 0 Å². The minimum atomic E-state index is -0.513. The Kier molecular flexibility index (Phi) is 3.52. The molecule has 98 valence electrons. The largest absolute Gasteiger partial charge is 0.296 e. The predicted octanol–water partition coefficient (Wildman–Crippen LogP) is 2.32. The molecule has 2 aromatic rings. The van der Waals surface area contributed by atoms with Crippen LogP contribution >= 0.6 is 11.3 Å². The quantitative estimate of drug-likeness (QED) is 0.686. The van der Waals surface area contributed by atoms with E-state index in [-0.39, 0.29) is 11.3 Å². The van der Waals surface area contributed by atoms with Gasteiger partial charge in [-0.2, -0.15) is 0 Å². The van der Waals surface area contributed by atoms with Crippen LogP contribution in [0.2, 0.25) is 0 Å². The van der Waals surface area contributed by atoms with Crippen molar-refractivity contribution < 1.29 is 9.72 Å². The Morgan fingerprint density at radius 2 is 2.11 bits per heavy atom. The van der Waals surface area contributed by atoms with E-state index in [9.17, 15) is 14.9 Å². The van der Waals surface area contributed by atoms with Gasteiger partial charge in [0.25, 0.3) is 11.6 Å². The predicted molar refractivity (Wildman–Crippen MR) is 70.4 cm³/mol. The number of nitrogens with one attached hydrogen (secondary N) is 1. The van der Waals surface area contributed by atoms with Crippen LogP contribution in [0, 0.1) is 24.0 Å². The molecule has 0 atom stereocenters. The van der Waals surface area contributed by atoms with Crippen molar-refractivity contribution in [1.29, 1.82) is 0 Å². The summed E-state index contributed by atoms with van der Waals surface area (Å²) in [6, 6.07) is 4.32. The van der Waals surface area contributed by atoms with Gasteiger partial charge in [-0.15, -0.1) is 10.2 Å². The molecule has 1 N–H and O–H groups in total. The van der Waals surface area contributed by atoms with Crippen molar-refractivity contribution in [3.63, 3.8) is 0 Å². The number of hydrogen-bond acceptors (Lipinski definition) is 6. The van der Waals surface area contributed by atoms with Crippen molar-refractivity contribution >= 4 is 28.1 Å². The maximum Gasteiger partial charge on any atom is 0.273 e. The van der Waals surface area contributed by atoms with E-state index in [4.69, 9.17) is 0 Å². The molecule has 8 heteroatoms. The highest BCUT2D eigenvalue weighted by molar-refractivity contribution is 7.15. The number of nitrogens with zero attached hydrogens (tertiary/aromatic N) is 3. The number of anilines is 1. The van der Waals surface area contributed by atoms with E-state index in [1.54, 1.807) is 19.9 Å². The van der Waals surface area contributed by atoms with Crippen LogP contribution in [-0.4, -0.2) is 21.0 Å². The first-order valence-electron chi connectivity index (χ1n) is 5.34. The third-order valence-electron chi connectivity index (χ3n) is 2.41. The molecule has 0 aliphatic carbocycles. The molecule has 0 aliphatic heterocycles. The fraction of sp³-hybridized carbons (Fsp3) is 0.182. The maximum absolute atomic E-state index is 11.9. The van der Waals surface area contributed by atoms with E-state index in [2.05, 4.69) is 15.5 Å². The Bertz CT molecular complexity index is 653. The number of aromatic nitrogens is 2. The molecular weight excluding hydrogens is 268 g/mol. The SMILES string of the molecule is Cc1nnc(NC(=O)c2ccc(C)c([N+](=O)[O-])c2)s1. The molecule has 2 rings (SSSR count). The first-order chi connectivity index (χ1) is 8.97. The van der Waals surface area contributed by atoms with Crippen molar-refractivity contribution in [3.8, 4) is 0 Å². The van der Waals surface area contributed by atoms with Crippen LogP contribution in [0.25, 0.3) is 0 Å². The van der Waals surface area contributed by atoms with Crippen molar-refractivity contribution in [2.45, 2.75) is 13.8 Å². The zero-order valence-electron chi connectivity index (χ0n) is 10.2. The lowest BCUT2D eigenvalue weighted by Gasteiger charge is -2.02. The van der Waals surface area contributed by atoms with Gasteiger partial charge >= 0.3 is 0 Å². The van der Waals surface area contributed by atoms with E-state index in [0.29, 0.717) is 10.7 Å². The van der Waals surface area contributed by atoms with Crippen molar-refractivity contribution in [1.82, 2.24) is 10.2 Å². The topological polar surface area (TPSA) is 98.0 Å². The molecule has 0 saturated carbocycles. The first kappa shape index (κ1) is 13.1. The summed E-state index contributed by atoms with van der Waals surface area (Å²) in [6.07, 6.45) is 0. The molecule has 0 unspecified atom stereocenters. The number of aryl methyl sites for hydroxylation is 2. The molecule has 0 fully saturated rings. The summed E-state index contributed by atoms with van der Waals surface area (Å²) >= 11 is 1.24. The molecule has 0 aliphatic rings. The molecule has 0 radical (unpaired) electrons. The van der Waals surface area contributed by atoms with Gasteiger partial charge in [0.05, 0.1) is 4.92 Å². The van der Waals surface area contributed by atoms with Crippen LogP contribution in [0.1, 0.15) is 20.9 Å². The Hall–Kier alpha value is -2.35. The summed E-state index contributed by atoms with van der Waals surface area (Å²) in [5.74, 6) is -0.445. The smallest absolute Gasteiger partial charge is 0.273 e. The number of carbonyl (C=O) groups excluding carboxylic acids is 1. The van der Waals surface area contributed by atoms with Gasteiger partial charge in [0.1, 0.15) is 5.01 Å². The summed E-state index contributed by atoms with van der Waals surface area (Å²) in [4.78, 5) is 22.2. The van der Waals surface area contributed by atoms with E-state index in [1.807, 2.05) is 0 Å². The third kappa shape index (κ3) is 2.91. The molecule has 1 aromatic carbocycles. The number of hydrogen-bond donors (Lipinski definition) is 1. The van der Waals surface area contributed by atoms with Crippen LogP contribution in [0.3, 0.4) is 0 Å². The van der Waals surface area contributed by atoms with Gasteiger partial charge in [-0.3, -0.25) is 20.2 Å². The summed E-state index contributed by atoms with van der Waals surface area (Å²) in [6.45, 7) is 3.39. The molecule has 0 spiro atoms. The lowest BCUT2D eigenvalue weighted by molar-refractivity contribution is -0.385. The number of nitro groups is 1. The first-order valence-corrected chi connectivity index (χ1v) is 6.15. The second-order valence-corrected chi connectivity index (χ2v) is 5.02. The Morgan fingerprint density at radius 1 is 1.37 bits per heavy atom. The van der Waals surface area contributed by atoms with Gasteiger partial charge in [-0.25, -0.2) is 0 Å². The van der Waals surface area contributed by atoms with E-state index in [0.717, 1.165) is 5.01 Å². The summed E-state index contributed by atoms with van der Waals surface area (Å²) in [7, 11) is 0. The average Bonchev–Trinajstić information content (AvgIpc) is 2.74. The van der Waals surface area contributed by atoms with Crippen LogP contribution in [0.5, 0.6) is 0 Å². The van der Waals surface area contributed by atoms with E-state index < -0.39 is 10.8 Å². The lowest BCUT2D eigenvalue weighted by atomic mass is 10.1. The lowest BCUT2D eigenvalue weighted by Crippen LogP contribution is -2.12. The number of rotatable bonds is 3. The fourth-order valence-corrected chi connectivity index (χ4v) is 2.05. The van der Waals surface area contributed by atoms with Gasteiger partial charge in [0.15, 0.2) is 0 Å². The van der Waals surface area contributed by atoms with Gasteiger partial charge < -0.3 is 0 Å². The van der Waals surface area contributed by atoms with Crippen molar-refractivity contribution in [2.24, 2.45) is 0 Å². The van der Waals surface area contributed by atoms with Gasteiger partial charge in [-0.1, -0.05) is 17.4 Å².